The van der Waals surface area contributed by atoms with Crippen molar-refractivity contribution in [1.29, 1.82) is 0 Å². The van der Waals surface area contributed by atoms with Gasteiger partial charge >= 0.3 is 0 Å². The number of nitrogens with zero attached hydrogens (tertiary/aromatic N) is 1. The highest BCUT2D eigenvalue weighted by atomic mass is 32.2. The van der Waals surface area contributed by atoms with E-state index in [1.165, 1.54) is 0 Å². The molecular weight excluding hydrogens is 142 g/mol. The Hall–Kier alpha value is -0.130. The monoisotopic (exact) mass is 151 g/mol. The van der Waals surface area contributed by atoms with E-state index in [9.17, 15) is 8.42 Å². The van der Waals surface area contributed by atoms with Gasteiger partial charge in [-0.1, -0.05) is 0 Å². The second kappa shape index (κ2) is 2.24. The van der Waals surface area contributed by atoms with Gasteiger partial charge in [0.2, 0.25) is 0 Å². The second-order valence-corrected chi connectivity index (χ2v) is 4.41. The molecule has 0 saturated carbocycles. The molecule has 1 aliphatic heterocycles. The van der Waals surface area contributed by atoms with Gasteiger partial charge in [0.05, 0.1) is 11.5 Å². The lowest BCUT2D eigenvalue weighted by Crippen LogP contribution is -2.37. The highest BCUT2D eigenvalue weighted by Crippen LogP contribution is 1.99. The Balaban J connectivity index is 2.55. The molecule has 1 fully saturated rings. The molecule has 0 atom stereocenters. The lowest BCUT2D eigenvalue weighted by Gasteiger charge is -2.19. The molecule has 0 unspecified atom stereocenters. The molecule has 0 aromatic carbocycles. The van der Waals surface area contributed by atoms with Crippen LogP contribution in [-0.2, 0) is 9.84 Å². The fourth-order valence-electron chi connectivity index (χ4n) is 0.703. The maximum absolute atomic E-state index is 10.7. The maximum Gasteiger partial charge on any atom is 0.153 e. The van der Waals surface area contributed by atoms with Crippen LogP contribution < -0.4 is 0 Å². The highest BCUT2D eigenvalue weighted by Gasteiger charge is 2.19. The molecule has 5 heteroatoms. The molecule has 0 spiro atoms. The molecule has 4 nitrogen and oxygen atoms in total. The zero-order chi connectivity index (χ0) is 6.91. The van der Waals surface area contributed by atoms with Crippen LogP contribution in [0.25, 0.3) is 0 Å². The van der Waals surface area contributed by atoms with E-state index in [2.05, 4.69) is 0 Å². The van der Waals surface area contributed by atoms with Crippen molar-refractivity contribution in [3.63, 3.8) is 0 Å². The molecule has 0 aromatic heterocycles. The first kappa shape index (κ1) is 6.98. The van der Waals surface area contributed by atoms with Gasteiger partial charge in [0.25, 0.3) is 0 Å². The van der Waals surface area contributed by atoms with E-state index in [0.29, 0.717) is 0 Å². The Labute approximate surface area is 54.0 Å². The van der Waals surface area contributed by atoms with Gasteiger partial charge in [-0.2, -0.15) is 5.06 Å². The summed E-state index contributed by atoms with van der Waals surface area (Å²) in [6, 6.07) is 0. The lowest BCUT2D eigenvalue weighted by atomic mass is 10.6. The van der Waals surface area contributed by atoms with E-state index in [1.807, 2.05) is 0 Å². The highest BCUT2D eigenvalue weighted by molar-refractivity contribution is 7.91. The summed E-state index contributed by atoms with van der Waals surface area (Å²) < 4.78 is 21.3. The Morgan fingerprint density at radius 3 is 2.00 bits per heavy atom. The van der Waals surface area contributed by atoms with Crippen LogP contribution in [0.1, 0.15) is 0 Å². The zero-order valence-electron chi connectivity index (χ0n) is 4.95. The Bertz CT molecular complexity index is 172. The summed E-state index contributed by atoms with van der Waals surface area (Å²) in [5, 5.41) is 9.74. The summed E-state index contributed by atoms with van der Waals surface area (Å²) in [5.41, 5.74) is 0. The zero-order valence-corrected chi connectivity index (χ0v) is 5.76. The summed E-state index contributed by atoms with van der Waals surface area (Å²) in [6.45, 7) is 0.505. The van der Waals surface area contributed by atoms with Gasteiger partial charge in [0, 0.05) is 13.1 Å². The van der Waals surface area contributed by atoms with E-state index in [0.717, 1.165) is 5.06 Å². The van der Waals surface area contributed by atoms with E-state index < -0.39 is 9.84 Å². The molecule has 1 N–H and O–H groups in total. The van der Waals surface area contributed by atoms with Crippen LogP contribution in [0.3, 0.4) is 0 Å². The number of hydrogen-bond acceptors (Lipinski definition) is 4. The van der Waals surface area contributed by atoms with E-state index in [-0.39, 0.29) is 24.6 Å². The molecule has 1 heterocycles. The first-order valence-electron chi connectivity index (χ1n) is 2.74. The van der Waals surface area contributed by atoms with Crippen molar-refractivity contribution in [2.24, 2.45) is 0 Å². The third-order valence-electron chi connectivity index (χ3n) is 1.32. The molecule has 0 aromatic rings. The van der Waals surface area contributed by atoms with Crippen LogP contribution in [0, 0.1) is 0 Å². The van der Waals surface area contributed by atoms with Gasteiger partial charge in [0.1, 0.15) is 0 Å². The lowest BCUT2D eigenvalue weighted by molar-refractivity contribution is -0.0826. The third kappa shape index (κ3) is 1.92. The third-order valence-corrected chi connectivity index (χ3v) is 2.93. The number of sulfone groups is 1. The Kier molecular flexibility index (Phi) is 1.74. The molecule has 1 aliphatic rings. The summed E-state index contributed by atoms with van der Waals surface area (Å²) in [7, 11) is -2.82. The average molecular weight is 151 g/mol. The number of hydrogen-bond donors (Lipinski definition) is 1. The van der Waals surface area contributed by atoms with Crippen LogP contribution >= 0.6 is 0 Å². The molecule has 0 aliphatic carbocycles. The Morgan fingerprint density at radius 1 is 1.22 bits per heavy atom. The maximum atomic E-state index is 10.7. The largest absolute Gasteiger partial charge is 0.314 e. The molecule has 1 saturated heterocycles. The summed E-state index contributed by atoms with van der Waals surface area (Å²) in [6.07, 6.45) is 0. The fraction of sp³-hybridized carbons (Fsp3) is 1.00. The van der Waals surface area contributed by atoms with Crippen LogP contribution in [0.5, 0.6) is 0 Å². The summed E-state index contributed by atoms with van der Waals surface area (Å²) >= 11 is 0. The van der Waals surface area contributed by atoms with Gasteiger partial charge in [-0.15, -0.1) is 0 Å². The Morgan fingerprint density at radius 2 is 1.67 bits per heavy atom. The minimum absolute atomic E-state index is 0.0868. The SMILES string of the molecule is O=S1(=O)CCN(O)CC1. The van der Waals surface area contributed by atoms with Crippen molar-refractivity contribution in [2.45, 2.75) is 0 Å². The van der Waals surface area contributed by atoms with Crippen LogP contribution in [0.2, 0.25) is 0 Å². The standard InChI is InChI=1S/C4H9NO3S/c6-5-1-3-9(7,8)4-2-5/h6H,1-4H2. The van der Waals surface area contributed by atoms with E-state index in [4.69, 9.17) is 5.21 Å². The first-order chi connectivity index (χ1) is 4.10. The molecule has 54 valence electrons. The topological polar surface area (TPSA) is 57.6 Å². The van der Waals surface area contributed by atoms with Gasteiger partial charge < -0.3 is 5.21 Å². The summed E-state index contributed by atoms with van der Waals surface area (Å²) in [4.78, 5) is 0. The van der Waals surface area contributed by atoms with E-state index in [1.54, 1.807) is 0 Å². The first-order valence-corrected chi connectivity index (χ1v) is 4.56. The smallest absolute Gasteiger partial charge is 0.153 e. The van der Waals surface area contributed by atoms with Crippen molar-refractivity contribution < 1.29 is 13.6 Å². The molecule has 9 heavy (non-hydrogen) atoms. The molecule has 0 amide bonds. The molecular formula is C4H9NO3S. The molecule has 1 rings (SSSR count). The van der Waals surface area contributed by atoms with Crippen molar-refractivity contribution >= 4 is 9.84 Å². The quantitative estimate of drug-likeness (QED) is 0.487. The van der Waals surface area contributed by atoms with Gasteiger partial charge in [-0.25, -0.2) is 8.42 Å². The van der Waals surface area contributed by atoms with Crippen molar-refractivity contribution in [3.05, 3.63) is 0 Å². The predicted molar refractivity (Wildman–Crippen MR) is 32.0 cm³/mol. The van der Waals surface area contributed by atoms with Gasteiger partial charge in [0.15, 0.2) is 9.84 Å². The van der Waals surface area contributed by atoms with Crippen LogP contribution in [0.15, 0.2) is 0 Å². The van der Waals surface area contributed by atoms with Crippen molar-refractivity contribution in [3.8, 4) is 0 Å². The van der Waals surface area contributed by atoms with Gasteiger partial charge in [-0.05, 0) is 0 Å². The number of hydroxylamine groups is 2. The van der Waals surface area contributed by atoms with Gasteiger partial charge in [-0.3, -0.25) is 0 Å². The van der Waals surface area contributed by atoms with Crippen LogP contribution in [0.4, 0.5) is 0 Å². The summed E-state index contributed by atoms with van der Waals surface area (Å²) in [5.74, 6) is 0.174. The van der Waals surface area contributed by atoms with Crippen molar-refractivity contribution in [1.82, 2.24) is 5.06 Å². The van der Waals surface area contributed by atoms with E-state index >= 15 is 0 Å². The average Bonchev–Trinajstić information content (AvgIpc) is 1.78. The van der Waals surface area contributed by atoms with Crippen molar-refractivity contribution in [2.75, 3.05) is 24.6 Å². The number of rotatable bonds is 0. The second-order valence-electron chi connectivity index (χ2n) is 2.11. The minimum atomic E-state index is -2.82. The molecule has 0 bridgehead atoms. The minimum Gasteiger partial charge on any atom is -0.314 e. The predicted octanol–water partition coefficient (Wildman–Crippen LogP) is -0.894. The van der Waals surface area contributed by atoms with Crippen LogP contribution in [-0.4, -0.2) is 43.3 Å². The normalized spacial score (nSPS) is 28.1. The fourth-order valence-corrected chi connectivity index (χ4v) is 1.88. The molecule has 0 radical (unpaired) electrons.